The van der Waals surface area contributed by atoms with E-state index in [1.165, 1.54) is 37.3 Å². The summed E-state index contributed by atoms with van der Waals surface area (Å²) in [5.41, 5.74) is 3.58. The molecule has 0 bridgehead atoms. The molecule has 2 heteroatoms. The molecule has 0 aliphatic carbocycles. The van der Waals surface area contributed by atoms with Crippen LogP contribution < -0.4 is 5.32 Å². The molecule has 0 amide bonds. The summed E-state index contributed by atoms with van der Waals surface area (Å²) in [5, 5.41) is 3.39. The zero-order chi connectivity index (χ0) is 11.9. The fourth-order valence-electron chi connectivity index (χ4n) is 3.03. The standard InChI is InChI=1S/C15H22N2/c1-12(2)14-5-3-4-13(6-14)7-17-10-15(11-17)8-16-9-15/h3-6,12,16H,7-11H2,1-2H3. The van der Waals surface area contributed by atoms with Gasteiger partial charge in [0.25, 0.3) is 0 Å². The molecule has 92 valence electrons. The number of nitrogens with one attached hydrogen (secondary N) is 1. The van der Waals surface area contributed by atoms with Crippen molar-refractivity contribution in [3.05, 3.63) is 35.4 Å². The van der Waals surface area contributed by atoms with E-state index < -0.39 is 0 Å². The Labute approximate surface area is 104 Å². The van der Waals surface area contributed by atoms with Gasteiger partial charge in [0, 0.05) is 38.1 Å². The first-order valence-electron chi connectivity index (χ1n) is 6.69. The van der Waals surface area contributed by atoms with Crippen LogP contribution in [0.5, 0.6) is 0 Å². The molecule has 2 heterocycles. The lowest BCUT2D eigenvalue weighted by Crippen LogP contribution is -2.70. The van der Waals surface area contributed by atoms with Gasteiger partial charge in [-0.3, -0.25) is 4.90 Å². The van der Waals surface area contributed by atoms with E-state index in [0.717, 1.165) is 6.54 Å². The van der Waals surface area contributed by atoms with E-state index >= 15 is 0 Å². The van der Waals surface area contributed by atoms with Gasteiger partial charge in [-0.25, -0.2) is 0 Å². The van der Waals surface area contributed by atoms with Crippen molar-refractivity contribution in [2.24, 2.45) is 5.41 Å². The monoisotopic (exact) mass is 230 g/mol. The molecule has 0 atom stereocenters. The van der Waals surface area contributed by atoms with Crippen molar-refractivity contribution in [1.29, 1.82) is 0 Å². The number of likely N-dealkylation sites (tertiary alicyclic amines) is 1. The van der Waals surface area contributed by atoms with Gasteiger partial charge in [-0.2, -0.15) is 0 Å². The molecule has 1 spiro atoms. The highest BCUT2D eigenvalue weighted by molar-refractivity contribution is 5.26. The normalized spacial score (nSPS) is 22.5. The first-order chi connectivity index (χ1) is 8.17. The third kappa shape index (κ3) is 2.12. The van der Waals surface area contributed by atoms with Crippen molar-refractivity contribution in [2.45, 2.75) is 26.3 Å². The largest absolute Gasteiger partial charge is 0.315 e. The number of benzene rings is 1. The third-order valence-corrected chi connectivity index (χ3v) is 4.14. The lowest BCUT2D eigenvalue weighted by atomic mass is 9.74. The topological polar surface area (TPSA) is 15.3 Å². The van der Waals surface area contributed by atoms with Gasteiger partial charge >= 0.3 is 0 Å². The van der Waals surface area contributed by atoms with Gasteiger partial charge in [0.05, 0.1) is 0 Å². The molecule has 2 saturated heterocycles. The Bertz CT molecular complexity index is 399. The van der Waals surface area contributed by atoms with Crippen molar-refractivity contribution in [3.63, 3.8) is 0 Å². The van der Waals surface area contributed by atoms with Crippen LogP contribution in [-0.2, 0) is 6.54 Å². The van der Waals surface area contributed by atoms with Crippen LogP contribution >= 0.6 is 0 Å². The molecule has 17 heavy (non-hydrogen) atoms. The van der Waals surface area contributed by atoms with Crippen molar-refractivity contribution in [1.82, 2.24) is 10.2 Å². The fourth-order valence-corrected chi connectivity index (χ4v) is 3.03. The van der Waals surface area contributed by atoms with Crippen LogP contribution in [0.3, 0.4) is 0 Å². The van der Waals surface area contributed by atoms with Crippen molar-refractivity contribution in [3.8, 4) is 0 Å². The van der Waals surface area contributed by atoms with Gasteiger partial charge < -0.3 is 5.32 Å². The summed E-state index contributed by atoms with van der Waals surface area (Å²) in [6.07, 6.45) is 0. The zero-order valence-corrected chi connectivity index (χ0v) is 10.9. The molecule has 2 aliphatic rings. The summed E-state index contributed by atoms with van der Waals surface area (Å²) in [6, 6.07) is 9.07. The van der Waals surface area contributed by atoms with Crippen LogP contribution in [0.4, 0.5) is 0 Å². The lowest BCUT2D eigenvalue weighted by molar-refractivity contribution is -0.0444. The molecule has 2 fully saturated rings. The maximum atomic E-state index is 3.39. The molecular formula is C15H22N2. The Morgan fingerprint density at radius 3 is 2.65 bits per heavy atom. The molecule has 0 aromatic heterocycles. The van der Waals surface area contributed by atoms with E-state index in [4.69, 9.17) is 0 Å². The first-order valence-corrected chi connectivity index (χ1v) is 6.69. The third-order valence-electron chi connectivity index (χ3n) is 4.14. The zero-order valence-electron chi connectivity index (χ0n) is 10.9. The SMILES string of the molecule is CC(C)c1cccc(CN2CC3(CNC3)C2)c1. The Morgan fingerprint density at radius 1 is 1.29 bits per heavy atom. The maximum Gasteiger partial charge on any atom is 0.0234 e. The summed E-state index contributed by atoms with van der Waals surface area (Å²) in [5.74, 6) is 0.633. The van der Waals surface area contributed by atoms with Crippen LogP contribution in [-0.4, -0.2) is 31.1 Å². The molecule has 0 unspecified atom stereocenters. The minimum atomic E-state index is 0.633. The van der Waals surface area contributed by atoms with Gasteiger partial charge in [0.2, 0.25) is 0 Å². The average Bonchev–Trinajstić information content (AvgIpc) is 2.20. The molecule has 1 aromatic carbocycles. The van der Waals surface area contributed by atoms with Crippen molar-refractivity contribution in [2.75, 3.05) is 26.2 Å². The fraction of sp³-hybridized carbons (Fsp3) is 0.600. The predicted molar refractivity (Wildman–Crippen MR) is 71.1 cm³/mol. The molecule has 3 rings (SSSR count). The van der Waals surface area contributed by atoms with E-state index in [2.05, 4.69) is 48.3 Å². The van der Waals surface area contributed by atoms with Gasteiger partial charge in [-0.05, 0) is 17.0 Å². The summed E-state index contributed by atoms with van der Waals surface area (Å²) in [7, 11) is 0. The summed E-state index contributed by atoms with van der Waals surface area (Å²) < 4.78 is 0. The second kappa shape index (κ2) is 4.11. The number of rotatable bonds is 3. The molecule has 1 N–H and O–H groups in total. The van der Waals surface area contributed by atoms with Crippen LogP contribution in [0.2, 0.25) is 0 Å². The van der Waals surface area contributed by atoms with Crippen LogP contribution in [0.1, 0.15) is 30.9 Å². The van der Waals surface area contributed by atoms with Crippen LogP contribution in [0.25, 0.3) is 0 Å². The molecule has 1 aromatic rings. The lowest BCUT2D eigenvalue weighted by Gasteiger charge is -2.56. The Morgan fingerprint density at radius 2 is 2.06 bits per heavy atom. The van der Waals surface area contributed by atoms with Crippen molar-refractivity contribution >= 4 is 0 Å². The highest BCUT2D eigenvalue weighted by Gasteiger charge is 2.46. The highest BCUT2D eigenvalue weighted by atomic mass is 15.3. The predicted octanol–water partition coefficient (Wildman–Crippen LogP) is 2.22. The first kappa shape index (κ1) is 11.2. The van der Waals surface area contributed by atoms with E-state index in [0.29, 0.717) is 11.3 Å². The van der Waals surface area contributed by atoms with Gasteiger partial charge in [-0.15, -0.1) is 0 Å². The Hall–Kier alpha value is -0.860. The van der Waals surface area contributed by atoms with Crippen molar-refractivity contribution < 1.29 is 0 Å². The summed E-state index contributed by atoms with van der Waals surface area (Å²) >= 11 is 0. The van der Waals surface area contributed by atoms with E-state index in [1.807, 2.05) is 0 Å². The Kier molecular flexibility index (Phi) is 2.72. The van der Waals surface area contributed by atoms with E-state index in [9.17, 15) is 0 Å². The quantitative estimate of drug-likeness (QED) is 0.856. The van der Waals surface area contributed by atoms with E-state index in [-0.39, 0.29) is 0 Å². The summed E-state index contributed by atoms with van der Waals surface area (Å²) in [6.45, 7) is 10.7. The molecular weight excluding hydrogens is 208 g/mol. The Balaban J connectivity index is 1.60. The molecule has 2 nitrogen and oxygen atoms in total. The second-order valence-corrected chi connectivity index (χ2v) is 6.15. The number of hydrogen-bond acceptors (Lipinski definition) is 2. The average molecular weight is 230 g/mol. The van der Waals surface area contributed by atoms with Gasteiger partial charge in [0.15, 0.2) is 0 Å². The highest BCUT2D eigenvalue weighted by Crippen LogP contribution is 2.34. The minimum absolute atomic E-state index is 0.633. The smallest absolute Gasteiger partial charge is 0.0234 e. The maximum absolute atomic E-state index is 3.39. The number of nitrogens with zero attached hydrogens (tertiary/aromatic N) is 1. The van der Waals surface area contributed by atoms with Crippen LogP contribution in [0.15, 0.2) is 24.3 Å². The summed E-state index contributed by atoms with van der Waals surface area (Å²) in [4.78, 5) is 2.57. The second-order valence-electron chi connectivity index (χ2n) is 6.15. The van der Waals surface area contributed by atoms with E-state index in [1.54, 1.807) is 0 Å². The van der Waals surface area contributed by atoms with Gasteiger partial charge in [-0.1, -0.05) is 38.1 Å². The molecule has 0 radical (unpaired) electrons. The van der Waals surface area contributed by atoms with Gasteiger partial charge in [0.1, 0.15) is 0 Å². The number of hydrogen-bond donors (Lipinski definition) is 1. The molecule has 0 saturated carbocycles. The minimum Gasteiger partial charge on any atom is -0.315 e. The molecule has 2 aliphatic heterocycles. The van der Waals surface area contributed by atoms with Crippen LogP contribution in [0, 0.1) is 5.41 Å².